The van der Waals surface area contributed by atoms with Crippen LogP contribution in [-0.2, 0) is 0 Å². The Hall–Kier alpha value is -1.81. The molecular formula is C13H14FNO2. The van der Waals surface area contributed by atoms with E-state index >= 15 is 0 Å². The van der Waals surface area contributed by atoms with Crippen molar-refractivity contribution in [2.75, 3.05) is 7.11 Å². The van der Waals surface area contributed by atoms with E-state index < -0.39 is 11.9 Å². The highest BCUT2D eigenvalue weighted by molar-refractivity contribution is 5.35. The minimum absolute atomic E-state index is 0.212. The monoisotopic (exact) mass is 235 g/mol. The number of nitrogens with two attached hydrogens (primary N) is 1. The predicted molar refractivity (Wildman–Crippen MR) is 62.4 cm³/mol. The highest BCUT2D eigenvalue weighted by Gasteiger charge is 2.13. The molecule has 0 aliphatic heterocycles. The van der Waals surface area contributed by atoms with Crippen molar-refractivity contribution in [3.63, 3.8) is 0 Å². The summed E-state index contributed by atoms with van der Waals surface area (Å²) in [5, 5.41) is 0. The van der Waals surface area contributed by atoms with E-state index in [1.54, 1.807) is 18.4 Å². The first-order valence-corrected chi connectivity index (χ1v) is 5.26. The van der Waals surface area contributed by atoms with Crippen molar-refractivity contribution >= 4 is 0 Å². The summed E-state index contributed by atoms with van der Waals surface area (Å²) in [6.45, 7) is 1.84. The fourth-order valence-electron chi connectivity index (χ4n) is 1.70. The second-order valence-electron chi connectivity index (χ2n) is 3.86. The van der Waals surface area contributed by atoms with Gasteiger partial charge in [0.25, 0.3) is 0 Å². The molecule has 17 heavy (non-hydrogen) atoms. The predicted octanol–water partition coefficient (Wildman–Crippen LogP) is 2.78. The van der Waals surface area contributed by atoms with Gasteiger partial charge >= 0.3 is 0 Å². The topological polar surface area (TPSA) is 48.4 Å². The Kier molecular flexibility index (Phi) is 3.15. The zero-order valence-corrected chi connectivity index (χ0v) is 9.74. The highest BCUT2D eigenvalue weighted by Crippen LogP contribution is 2.25. The molecule has 2 rings (SSSR count). The number of halogens is 1. The summed E-state index contributed by atoms with van der Waals surface area (Å²) < 4.78 is 23.6. The lowest BCUT2D eigenvalue weighted by Gasteiger charge is -2.11. The van der Waals surface area contributed by atoms with Crippen molar-refractivity contribution in [3.05, 3.63) is 53.2 Å². The smallest absolute Gasteiger partial charge is 0.165 e. The van der Waals surface area contributed by atoms with E-state index in [0.717, 1.165) is 11.3 Å². The maximum absolute atomic E-state index is 13.5. The van der Waals surface area contributed by atoms with Crippen LogP contribution in [0.2, 0.25) is 0 Å². The standard InChI is InChI=1S/C13H14FNO2/c1-8-5-10(7-17-8)13(15)9-3-4-12(16-2)11(14)6-9/h3-7,13H,15H2,1-2H3. The molecule has 1 unspecified atom stereocenters. The van der Waals surface area contributed by atoms with Gasteiger partial charge in [-0.3, -0.25) is 0 Å². The average Bonchev–Trinajstić information content (AvgIpc) is 2.75. The van der Waals surface area contributed by atoms with Crippen LogP contribution < -0.4 is 10.5 Å². The number of benzene rings is 1. The van der Waals surface area contributed by atoms with Crippen molar-refractivity contribution in [1.29, 1.82) is 0 Å². The van der Waals surface area contributed by atoms with Crippen LogP contribution >= 0.6 is 0 Å². The number of furan rings is 1. The summed E-state index contributed by atoms with van der Waals surface area (Å²) in [5.74, 6) is 0.578. The van der Waals surface area contributed by atoms with E-state index in [4.69, 9.17) is 14.9 Å². The minimum atomic E-state index is -0.416. The molecule has 0 saturated carbocycles. The first-order valence-electron chi connectivity index (χ1n) is 5.26. The van der Waals surface area contributed by atoms with Crippen LogP contribution in [0.3, 0.4) is 0 Å². The molecule has 1 heterocycles. The Labute approximate surface area is 99.0 Å². The minimum Gasteiger partial charge on any atom is -0.494 e. The largest absolute Gasteiger partial charge is 0.494 e. The van der Waals surface area contributed by atoms with Crippen LogP contribution in [0.15, 0.2) is 34.9 Å². The van der Waals surface area contributed by atoms with Gasteiger partial charge in [-0.2, -0.15) is 0 Å². The molecule has 0 amide bonds. The number of hydrogen-bond donors (Lipinski definition) is 1. The van der Waals surface area contributed by atoms with Gasteiger partial charge in [-0.25, -0.2) is 4.39 Å². The molecule has 0 fully saturated rings. The van der Waals surface area contributed by atoms with E-state index in [-0.39, 0.29) is 5.75 Å². The van der Waals surface area contributed by atoms with E-state index in [0.29, 0.717) is 5.56 Å². The van der Waals surface area contributed by atoms with Gasteiger partial charge in [-0.15, -0.1) is 0 Å². The second kappa shape index (κ2) is 4.59. The fourth-order valence-corrected chi connectivity index (χ4v) is 1.70. The molecule has 1 aromatic heterocycles. The number of ether oxygens (including phenoxy) is 1. The zero-order valence-electron chi connectivity index (χ0n) is 9.74. The van der Waals surface area contributed by atoms with Gasteiger partial charge in [0.1, 0.15) is 5.76 Å². The molecule has 0 radical (unpaired) electrons. The van der Waals surface area contributed by atoms with E-state index in [1.807, 2.05) is 13.0 Å². The van der Waals surface area contributed by atoms with E-state index in [1.165, 1.54) is 13.2 Å². The first-order chi connectivity index (χ1) is 8.11. The lowest BCUT2D eigenvalue weighted by molar-refractivity contribution is 0.386. The summed E-state index contributed by atoms with van der Waals surface area (Å²) in [6.07, 6.45) is 1.59. The summed E-state index contributed by atoms with van der Waals surface area (Å²) in [5.41, 5.74) is 7.53. The normalized spacial score (nSPS) is 12.5. The van der Waals surface area contributed by atoms with Gasteiger partial charge in [0, 0.05) is 5.56 Å². The van der Waals surface area contributed by atoms with Gasteiger partial charge in [0.05, 0.1) is 19.4 Å². The molecule has 0 saturated heterocycles. The first kappa shape index (κ1) is 11.7. The summed E-state index contributed by atoms with van der Waals surface area (Å²) in [6, 6.07) is 6.14. The van der Waals surface area contributed by atoms with E-state index in [9.17, 15) is 4.39 Å². The quantitative estimate of drug-likeness (QED) is 0.889. The molecule has 0 bridgehead atoms. The number of hydrogen-bond acceptors (Lipinski definition) is 3. The van der Waals surface area contributed by atoms with Crippen molar-refractivity contribution in [1.82, 2.24) is 0 Å². The Morgan fingerprint density at radius 1 is 1.29 bits per heavy atom. The molecule has 1 atom stereocenters. The van der Waals surface area contributed by atoms with Crippen LogP contribution in [0.4, 0.5) is 4.39 Å². The molecule has 3 nitrogen and oxygen atoms in total. The lowest BCUT2D eigenvalue weighted by atomic mass is 10.0. The molecule has 2 N–H and O–H groups in total. The Balaban J connectivity index is 2.31. The second-order valence-corrected chi connectivity index (χ2v) is 3.86. The third kappa shape index (κ3) is 2.31. The third-order valence-electron chi connectivity index (χ3n) is 2.64. The fraction of sp³-hybridized carbons (Fsp3) is 0.231. The van der Waals surface area contributed by atoms with Crippen LogP contribution in [0, 0.1) is 12.7 Å². The lowest BCUT2D eigenvalue weighted by Crippen LogP contribution is -2.11. The van der Waals surface area contributed by atoms with E-state index in [2.05, 4.69) is 0 Å². The number of rotatable bonds is 3. The number of methoxy groups -OCH3 is 1. The van der Waals surface area contributed by atoms with Gasteiger partial charge in [0.2, 0.25) is 0 Å². The van der Waals surface area contributed by atoms with Crippen molar-refractivity contribution in [2.45, 2.75) is 13.0 Å². The van der Waals surface area contributed by atoms with Crippen LogP contribution in [-0.4, -0.2) is 7.11 Å². The third-order valence-corrected chi connectivity index (χ3v) is 2.64. The Morgan fingerprint density at radius 2 is 2.06 bits per heavy atom. The molecule has 1 aromatic carbocycles. The number of aryl methyl sites for hydroxylation is 1. The summed E-state index contributed by atoms with van der Waals surface area (Å²) in [7, 11) is 1.43. The SMILES string of the molecule is COc1ccc(C(N)c2coc(C)c2)cc1F. The summed E-state index contributed by atoms with van der Waals surface area (Å²) in [4.78, 5) is 0. The average molecular weight is 235 g/mol. The van der Waals surface area contributed by atoms with Crippen molar-refractivity contribution < 1.29 is 13.5 Å². The van der Waals surface area contributed by atoms with Gasteiger partial charge < -0.3 is 14.9 Å². The molecule has 0 aliphatic carbocycles. The molecular weight excluding hydrogens is 221 g/mol. The maximum Gasteiger partial charge on any atom is 0.165 e. The molecule has 0 spiro atoms. The van der Waals surface area contributed by atoms with Gasteiger partial charge in [-0.1, -0.05) is 6.07 Å². The zero-order chi connectivity index (χ0) is 12.4. The van der Waals surface area contributed by atoms with Crippen LogP contribution in [0.1, 0.15) is 22.9 Å². The summed E-state index contributed by atoms with van der Waals surface area (Å²) >= 11 is 0. The van der Waals surface area contributed by atoms with Crippen LogP contribution in [0.5, 0.6) is 5.75 Å². The molecule has 0 aliphatic rings. The van der Waals surface area contributed by atoms with Crippen LogP contribution in [0.25, 0.3) is 0 Å². The van der Waals surface area contributed by atoms with Crippen molar-refractivity contribution in [2.24, 2.45) is 5.73 Å². The Bertz CT molecular complexity index is 522. The van der Waals surface area contributed by atoms with Crippen molar-refractivity contribution in [3.8, 4) is 5.75 Å². The molecule has 4 heteroatoms. The highest BCUT2D eigenvalue weighted by atomic mass is 19.1. The maximum atomic E-state index is 13.5. The Morgan fingerprint density at radius 3 is 2.59 bits per heavy atom. The van der Waals surface area contributed by atoms with Gasteiger partial charge in [0.15, 0.2) is 11.6 Å². The van der Waals surface area contributed by atoms with Gasteiger partial charge in [-0.05, 0) is 30.7 Å². The molecule has 90 valence electrons. The molecule has 2 aromatic rings.